The normalized spacial score (nSPS) is 12.9. The molecule has 0 heterocycles. The third kappa shape index (κ3) is 12.6. The van der Waals surface area contributed by atoms with Gasteiger partial charge in [0.2, 0.25) is 0 Å². The van der Waals surface area contributed by atoms with Crippen LogP contribution in [0.1, 0.15) is 27.7 Å². The minimum atomic E-state index is -3.93. The summed E-state index contributed by atoms with van der Waals surface area (Å²) < 4.78 is 36.7. The summed E-state index contributed by atoms with van der Waals surface area (Å²) >= 11 is 0. The van der Waals surface area contributed by atoms with E-state index in [4.69, 9.17) is 4.74 Å². The lowest BCUT2D eigenvalue weighted by Crippen LogP contribution is -2.46. The van der Waals surface area contributed by atoms with Gasteiger partial charge < -0.3 is 20.1 Å². The zero-order valence-corrected chi connectivity index (χ0v) is 15.2. The van der Waals surface area contributed by atoms with Crippen molar-refractivity contribution in [1.29, 1.82) is 0 Å². The average molecular weight is 368 g/mol. The summed E-state index contributed by atoms with van der Waals surface area (Å²) in [5.74, 6) is -1.30. The van der Waals surface area contributed by atoms with Gasteiger partial charge in [-0.2, -0.15) is 8.42 Å². The molecule has 0 aromatic rings. The first kappa shape index (κ1) is 22.1. The molecule has 1 atom stereocenters. The van der Waals surface area contributed by atoms with Crippen molar-refractivity contribution >= 4 is 28.1 Å². The molecule has 11 heteroatoms. The highest BCUT2D eigenvalue weighted by Crippen LogP contribution is 2.06. The molecule has 0 aromatic heterocycles. The molecule has 0 bridgehead atoms. The molecule has 0 aliphatic rings. The van der Waals surface area contributed by atoms with Crippen LogP contribution in [0.3, 0.4) is 0 Å². The molecule has 0 aromatic carbocycles. The predicted molar refractivity (Wildman–Crippen MR) is 83.6 cm³/mol. The van der Waals surface area contributed by atoms with E-state index >= 15 is 0 Å². The van der Waals surface area contributed by atoms with E-state index in [-0.39, 0.29) is 13.2 Å². The van der Waals surface area contributed by atoms with Crippen molar-refractivity contribution in [3.63, 3.8) is 0 Å². The molecular formula is C13H24N2O8S. The zero-order valence-electron chi connectivity index (χ0n) is 14.4. The monoisotopic (exact) mass is 368 g/mol. The lowest BCUT2D eigenvalue weighted by molar-refractivity contribution is -0.141. The summed E-state index contributed by atoms with van der Waals surface area (Å²) in [7, 11) is -3.93. The van der Waals surface area contributed by atoms with E-state index in [0.29, 0.717) is 0 Å². The largest absolute Gasteiger partial charge is 0.464 e. The first-order valence-electron chi connectivity index (χ1n) is 7.06. The first-order valence-corrected chi connectivity index (χ1v) is 8.88. The van der Waals surface area contributed by atoms with Crippen molar-refractivity contribution in [2.24, 2.45) is 0 Å². The van der Waals surface area contributed by atoms with E-state index in [0.717, 1.165) is 6.26 Å². The Bertz CT molecular complexity index is 553. The van der Waals surface area contributed by atoms with Crippen LogP contribution in [-0.2, 0) is 33.4 Å². The highest BCUT2D eigenvalue weighted by atomic mass is 32.2. The minimum absolute atomic E-state index is 0.0333. The number of amides is 2. The summed E-state index contributed by atoms with van der Waals surface area (Å²) in [6.07, 6.45) is -1.53. The van der Waals surface area contributed by atoms with E-state index < -0.39 is 46.3 Å². The van der Waals surface area contributed by atoms with Crippen molar-refractivity contribution in [2.45, 2.75) is 39.4 Å². The molecule has 2 N–H and O–H groups in total. The van der Waals surface area contributed by atoms with Gasteiger partial charge in [0, 0.05) is 6.92 Å². The second kappa shape index (κ2) is 9.42. The summed E-state index contributed by atoms with van der Waals surface area (Å²) in [6.45, 7) is 5.64. The Morgan fingerprint density at radius 1 is 1.12 bits per heavy atom. The van der Waals surface area contributed by atoms with Gasteiger partial charge in [-0.05, 0) is 20.8 Å². The molecule has 0 radical (unpaired) electrons. The van der Waals surface area contributed by atoms with Gasteiger partial charge in [0.25, 0.3) is 16.0 Å². The van der Waals surface area contributed by atoms with Crippen LogP contribution < -0.4 is 10.6 Å². The van der Waals surface area contributed by atoms with E-state index in [1.807, 2.05) is 0 Å². The van der Waals surface area contributed by atoms with Gasteiger partial charge in [0.05, 0.1) is 19.3 Å². The molecule has 1 unspecified atom stereocenters. The summed E-state index contributed by atoms with van der Waals surface area (Å²) in [5.41, 5.74) is -0.746. The molecule has 0 aliphatic heterocycles. The van der Waals surface area contributed by atoms with E-state index in [9.17, 15) is 22.8 Å². The number of rotatable bonds is 8. The van der Waals surface area contributed by atoms with Crippen LogP contribution in [0.2, 0.25) is 0 Å². The third-order valence-electron chi connectivity index (χ3n) is 2.12. The molecule has 2 amide bonds. The Balaban J connectivity index is 4.60. The van der Waals surface area contributed by atoms with Crippen LogP contribution in [-0.4, -0.2) is 64.0 Å². The summed E-state index contributed by atoms with van der Waals surface area (Å²) in [5, 5.41) is 4.59. The summed E-state index contributed by atoms with van der Waals surface area (Å²) in [6, 6.07) is 0. The number of carbonyl (C=O) groups excluding carboxylic acids is 3. The lowest BCUT2D eigenvalue weighted by Gasteiger charge is -2.21. The number of alkyl carbamates (subject to hydrolysis) is 1. The van der Waals surface area contributed by atoms with E-state index in [2.05, 4.69) is 19.6 Å². The Kier molecular flexibility index (Phi) is 8.69. The van der Waals surface area contributed by atoms with E-state index in [1.165, 1.54) is 6.92 Å². The van der Waals surface area contributed by atoms with Crippen molar-refractivity contribution in [2.75, 3.05) is 26.0 Å². The quantitative estimate of drug-likeness (QED) is 0.333. The average Bonchev–Trinajstić information content (AvgIpc) is 2.35. The zero-order chi connectivity index (χ0) is 19.0. The van der Waals surface area contributed by atoms with Crippen molar-refractivity contribution < 1.29 is 36.5 Å². The second-order valence-electron chi connectivity index (χ2n) is 5.80. The number of esters is 1. The Labute approximate surface area is 141 Å². The minimum Gasteiger partial charge on any atom is -0.464 e. The SMILES string of the molecule is CC(=O)OCCNC(=O)C(CNC(=O)OC(C)(C)C)OS(C)(=O)=O. The first-order chi connectivity index (χ1) is 10.8. The van der Waals surface area contributed by atoms with Crippen molar-refractivity contribution in [1.82, 2.24) is 10.6 Å². The Morgan fingerprint density at radius 2 is 1.71 bits per heavy atom. The maximum atomic E-state index is 11.9. The molecule has 0 rings (SSSR count). The maximum Gasteiger partial charge on any atom is 0.407 e. The number of hydrogen-bond acceptors (Lipinski definition) is 8. The van der Waals surface area contributed by atoms with Gasteiger partial charge in [-0.3, -0.25) is 13.8 Å². The molecular weight excluding hydrogens is 344 g/mol. The maximum absolute atomic E-state index is 11.9. The fourth-order valence-corrected chi connectivity index (χ4v) is 1.93. The molecule has 0 aliphatic carbocycles. The Morgan fingerprint density at radius 3 is 2.17 bits per heavy atom. The van der Waals surface area contributed by atoms with Gasteiger partial charge in [-0.15, -0.1) is 0 Å². The molecule has 140 valence electrons. The van der Waals surface area contributed by atoms with Crippen LogP contribution in [0, 0.1) is 0 Å². The predicted octanol–water partition coefficient (Wildman–Crippen LogP) is -0.465. The van der Waals surface area contributed by atoms with Crippen molar-refractivity contribution in [3.8, 4) is 0 Å². The molecule has 0 fully saturated rings. The number of carbonyl (C=O) groups is 3. The number of hydrogen-bond donors (Lipinski definition) is 2. The van der Waals surface area contributed by atoms with E-state index in [1.54, 1.807) is 20.8 Å². The Hall–Kier alpha value is -1.88. The van der Waals surface area contributed by atoms with Crippen molar-refractivity contribution in [3.05, 3.63) is 0 Å². The van der Waals surface area contributed by atoms with Crippen LogP contribution in [0.5, 0.6) is 0 Å². The molecule has 0 saturated carbocycles. The topological polar surface area (TPSA) is 137 Å². The van der Waals surface area contributed by atoms with Gasteiger partial charge >= 0.3 is 12.1 Å². The van der Waals surface area contributed by atoms with Gasteiger partial charge in [0.15, 0.2) is 6.10 Å². The van der Waals surface area contributed by atoms with Gasteiger partial charge in [-0.1, -0.05) is 0 Å². The second-order valence-corrected chi connectivity index (χ2v) is 7.40. The number of ether oxygens (including phenoxy) is 2. The summed E-state index contributed by atoms with van der Waals surface area (Å²) in [4.78, 5) is 34.1. The highest BCUT2D eigenvalue weighted by Gasteiger charge is 2.25. The van der Waals surface area contributed by atoms with Crippen LogP contribution in [0.25, 0.3) is 0 Å². The highest BCUT2D eigenvalue weighted by molar-refractivity contribution is 7.86. The standard InChI is InChI=1S/C13H24N2O8S/c1-9(16)21-7-6-14-11(17)10(23-24(5,19)20)8-15-12(18)22-13(2,3)4/h10H,6-8H2,1-5H3,(H,14,17)(H,15,18). The van der Waals surface area contributed by atoms with Gasteiger partial charge in [0.1, 0.15) is 12.2 Å². The molecule has 0 saturated heterocycles. The molecule has 0 spiro atoms. The molecule has 24 heavy (non-hydrogen) atoms. The van der Waals surface area contributed by atoms with Gasteiger partial charge in [-0.25, -0.2) is 4.79 Å². The fraction of sp³-hybridized carbons (Fsp3) is 0.769. The lowest BCUT2D eigenvalue weighted by atomic mass is 10.2. The van der Waals surface area contributed by atoms with Crippen LogP contribution >= 0.6 is 0 Å². The smallest absolute Gasteiger partial charge is 0.407 e. The van der Waals surface area contributed by atoms with Crippen LogP contribution in [0.15, 0.2) is 0 Å². The fourth-order valence-electron chi connectivity index (χ4n) is 1.35. The number of nitrogens with one attached hydrogen (secondary N) is 2. The third-order valence-corrected chi connectivity index (χ3v) is 2.70. The molecule has 10 nitrogen and oxygen atoms in total. The van der Waals surface area contributed by atoms with Crippen LogP contribution in [0.4, 0.5) is 4.79 Å².